The minimum atomic E-state index is -1.14. The average Bonchev–Trinajstić information content (AvgIpc) is 3.06. The fourth-order valence-electron chi connectivity index (χ4n) is 2.10. The third-order valence-corrected chi connectivity index (χ3v) is 4.58. The van der Waals surface area contributed by atoms with Gasteiger partial charge < -0.3 is 10.4 Å². The lowest BCUT2D eigenvalue weighted by Gasteiger charge is -2.24. The topological polar surface area (TPSA) is 127 Å². The molecule has 0 saturated heterocycles. The second kappa shape index (κ2) is 8.00. The molecule has 0 fully saturated rings. The molecule has 0 aliphatic heterocycles. The first-order chi connectivity index (χ1) is 12.2. The number of carboxylic acids is 1. The van der Waals surface area contributed by atoms with Crippen molar-refractivity contribution in [3.63, 3.8) is 0 Å². The Morgan fingerprint density at radius 3 is 2.77 bits per heavy atom. The lowest BCUT2D eigenvalue weighted by molar-refractivity contribution is -0.385. The maximum atomic E-state index is 12.6. The fourth-order valence-corrected chi connectivity index (χ4v) is 2.79. The van der Waals surface area contributed by atoms with E-state index in [1.807, 2.05) is 6.07 Å². The van der Waals surface area contributed by atoms with E-state index in [9.17, 15) is 19.7 Å². The van der Waals surface area contributed by atoms with Gasteiger partial charge in [0.1, 0.15) is 17.9 Å². The van der Waals surface area contributed by atoms with Crippen LogP contribution in [0.3, 0.4) is 0 Å². The smallest absolute Gasteiger partial charge is 0.313 e. The highest BCUT2D eigenvalue weighted by atomic mass is 32.2. The number of benzene rings is 1. The molecule has 1 aromatic carbocycles. The number of carbonyl (C=O) groups excluding carboxylic acids is 1. The van der Waals surface area contributed by atoms with E-state index in [1.165, 1.54) is 22.6 Å². The molecule has 0 atom stereocenters. The number of nitrogens with one attached hydrogen (secondary N) is 1. The van der Waals surface area contributed by atoms with Gasteiger partial charge in [0.25, 0.3) is 5.91 Å². The number of hydrogen-bond acceptors (Lipinski definition) is 6. The number of amides is 1. The Kier molecular flexibility index (Phi) is 5.98. The van der Waals surface area contributed by atoms with Crippen molar-refractivity contribution in [2.75, 3.05) is 11.1 Å². The Labute approximate surface area is 153 Å². The van der Waals surface area contributed by atoms with Crippen LogP contribution >= 0.6 is 11.8 Å². The van der Waals surface area contributed by atoms with Crippen LogP contribution in [-0.4, -0.2) is 37.4 Å². The van der Waals surface area contributed by atoms with Gasteiger partial charge in [-0.3, -0.25) is 24.4 Å². The van der Waals surface area contributed by atoms with Gasteiger partial charge in [-0.25, -0.2) is 0 Å². The highest BCUT2D eigenvalue weighted by Gasteiger charge is 2.32. The summed E-state index contributed by atoms with van der Waals surface area (Å²) >= 11 is 1.26. The van der Waals surface area contributed by atoms with Gasteiger partial charge >= 0.3 is 11.7 Å². The lowest BCUT2D eigenvalue weighted by Crippen LogP contribution is -2.40. The predicted molar refractivity (Wildman–Crippen MR) is 97.1 cm³/mol. The van der Waals surface area contributed by atoms with E-state index in [-0.39, 0.29) is 17.3 Å². The van der Waals surface area contributed by atoms with Gasteiger partial charge in [-0.15, -0.1) is 11.8 Å². The molecule has 0 bridgehead atoms. The van der Waals surface area contributed by atoms with Crippen LogP contribution in [0.15, 0.2) is 36.7 Å². The molecule has 0 spiro atoms. The van der Waals surface area contributed by atoms with Crippen LogP contribution in [0.4, 0.5) is 11.4 Å². The van der Waals surface area contributed by atoms with E-state index in [4.69, 9.17) is 5.11 Å². The summed E-state index contributed by atoms with van der Waals surface area (Å²) in [7, 11) is 0. The molecular weight excluding hydrogens is 360 g/mol. The molecule has 26 heavy (non-hydrogen) atoms. The molecule has 1 heterocycles. The molecule has 0 radical (unpaired) electrons. The summed E-state index contributed by atoms with van der Waals surface area (Å²) in [6, 6.07) is 7.07. The van der Waals surface area contributed by atoms with Gasteiger partial charge in [0.15, 0.2) is 0 Å². The molecule has 0 unspecified atom stereocenters. The van der Waals surface area contributed by atoms with Gasteiger partial charge in [0.2, 0.25) is 0 Å². The first-order valence-corrected chi connectivity index (χ1v) is 8.75. The molecule has 1 amide bonds. The highest BCUT2D eigenvalue weighted by Crippen LogP contribution is 2.22. The monoisotopic (exact) mass is 378 g/mol. The molecule has 2 aromatic rings. The van der Waals surface area contributed by atoms with E-state index in [0.29, 0.717) is 11.4 Å². The van der Waals surface area contributed by atoms with Crippen LogP contribution in [0.5, 0.6) is 0 Å². The second-order valence-corrected chi connectivity index (χ2v) is 6.99. The first kappa shape index (κ1) is 19.4. The maximum Gasteiger partial charge on any atom is 0.313 e. The largest absolute Gasteiger partial charge is 0.481 e. The number of aromatic nitrogens is 2. The zero-order valence-electron chi connectivity index (χ0n) is 14.2. The third-order valence-electron chi connectivity index (χ3n) is 3.59. The van der Waals surface area contributed by atoms with Crippen LogP contribution < -0.4 is 5.32 Å². The Morgan fingerprint density at radius 2 is 2.15 bits per heavy atom. The second-order valence-electron chi connectivity index (χ2n) is 6.00. The molecule has 9 nitrogen and oxygen atoms in total. The molecule has 138 valence electrons. The number of nitrogens with zero attached hydrogens (tertiary/aromatic N) is 3. The summed E-state index contributed by atoms with van der Waals surface area (Å²) in [5.41, 5.74) is 0.102. The number of aliphatic carboxylic acids is 1. The van der Waals surface area contributed by atoms with E-state index < -0.39 is 16.4 Å². The number of rotatable bonds is 8. The van der Waals surface area contributed by atoms with Crippen LogP contribution in [-0.2, 0) is 20.9 Å². The van der Waals surface area contributed by atoms with Crippen LogP contribution in [0.1, 0.15) is 19.4 Å². The molecule has 0 aliphatic rings. The Morgan fingerprint density at radius 1 is 1.42 bits per heavy atom. The normalized spacial score (nSPS) is 11.2. The van der Waals surface area contributed by atoms with Crippen molar-refractivity contribution in [3.05, 3.63) is 52.3 Å². The number of nitro groups is 1. The van der Waals surface area contributed by atoms with E-state index >= 15 is 0 Å². The van der Waals surface area contributed by atoms with Gasteiger partial charge in [0, 0.05) is 11.4 Å². The third kappa shape index (κ3) is 4.82. The zero-order chi connectivity index (χ0) is 19.3. The maximum absolute atomic E-state index is 12.6. The Balaban J connectivity index is 2.07. The van der Waals surface area contributed by atoms with Crippen LogP contribution in [0, 0.1) is 10.1 Å². The molecular formula is C16H18N4O5S. The average molecular weight is 378 g/mol. The molecule has 0 aliphatic carbocycles. The minimum Gasteiger partial charge on any atom is -0.481 e. The zero-order valence-corrected chi connectivity index (χ0v) is 15.0. The number of carboxylic acid groups (broad SMARTS) is 1. The summed E-state index contributed by atoms with van der Waals surface area (Å²) < 4.78 is 1.24. The first-order valence-electron chi connectivity index (χ1n) is 7.59. The summed E-state index contributed by atoms with van der Waals surface area (Å²) in [5, 5.41) is 26.1. The summed E-state index contributed by atoms with van der Waals surface area (Å²) in [4.78, 5) is 33.4. The van der Waals surface area contributed by atoms with E-state index in [1.54, 1.807) is 32.0 Å². The standard InChI is InChI=1S/C16H18N4O5S/c1-16(2,19-8-13(7-17-19)20(24)25)15(23)18-12-5-3-4-11(6-12)9-26-10-14(21)22/h3-8H,9-10H2,1-2H3,(H,18,23)(H,21,22). The Hall–Kier alpha value is -2.88. The van der Waals surface area contributed by atoms with Crippen LogP contribution in [0.25, 0.3) is 0 Å². The molecule has 10 heteroatoms. The lowest BCUT2D eigenvalue weighted by atomic mass is 10.0. The number of hydrogen-bond donors (Lipinski definition) is 2. The number of thioether (sulfide) groups is 1. The van der Waals surface area contributed by atoms with Crippen LogP contribution in [0.2, 0.25) is 0 Å². The van der Waals surface area contributed by atoms with E-state index in [2.05, 4.69) is 10.4 Å². The summed E-state index contributed by atoms with van der Waals surface area (Å²) in [6.45, 7) is 3.21. The number of anilines is 1. The van der Waals surface area contributed by atoms with Gasteiger partial charge in [-0.05, 0) is 31.5 Å². The summed E-state index contributed by atoms with van der Waals surface area (Å²) in [5.74, 6) is -0.757. The van der Waals surface area contributed by atoms with Crippen molar-refractivity contribution in [1.82, 2.24) is 9.78 Å². The number of carbonyl (C=O) groups is 2. The van der Waals surface area contributed by atoms with Crippen molar-refractivity contribution >= 4 is 35.0 Å². The fraction of sp³-hybridized carbons (Fsp3) is 0.312. The molecule has 2 rings (SSSR count). The van der Waals surface area contributed by atoms with Gasteiger partial charge in [-0.1, -0.05) is 12.1 Å². The van der Waals surface area contributed by atoms with Gasteiger partial charge in [-0.2, -0.15) is 5.10 Å². The van der Waals surface area contributed by atoms with Gasteiger partial charge in [0.05, 0.1) is 10.7 Å². The summed E-state index contributed by atoms with van der Waals surface area (Å²) in [6.07, 6.45) is 2.30. The van der Waals surface area contributed by atoms with Crippen molar-refractivity contribution in [1.29, 1.82) is 0 Å². The minimum absolute atomic E-state index is 0.00168. The molecule has 2 N–H and O–H groups in total. The van der Waals surface area contributed by atoms with Crippen molar-refractivity contribution in [2.24, 2.45) is 0 Å². The van der Waals surface area contributed by atoms with Crippen molar-refractivity contribution in [3.8, 4) is 0 Å². The quantitative estimate of drug-likeness (QED) is 0.533. The van der Waals surface area contributed by atoms with Crippen molar-refractivity contribution < 1.29 is 19.6 Å². The Bertz CT molecular complexity index is 834. The molecule has 0 saturated carbocycles. The molecule has 1 aromatic heterocycles. The SMILES string of the molecule is CC(C)(C(=O)Nc1cccc(CSCC(=O)O)c1)n1cc([N+](=O)[O-])cn1. The highest BCUT2D eigenvalue weighted by molar-refractivity contribution is 7.99. The predicted octanol–water partition coefficient (Wildman–Crippen LogP) is 2.48. The van der Waals surface area contributed by atoms with Crippen molar-refractivity contribution in [2.45, 2.75) is 25.1 Å². The van der Waals surface area contributed by atoms with E-state index in [0.717, 1.165) is 11.8 Å².